The van der Waals surface area contributed by atoms with Crippen molar-refractivity contribution in [2.24, 2.45) is 0 Å². The molecule has 1 aliphatic rings. The van der Waals surface area contributed by atoms with Gasteiger partial charge in [-0.3, -0.25) is 4.79 Å². The smallest absolute Gasteiger partial charge is 0.338 e. The van der Waals surface area contributed by atoms with Crippen LogP contribution >= 0.6 is 0 Å². The van der Waals surface area contributed by atoms with E-state index in [0.29, 0.717) is 5.56 Å². The average molecular weight is 300 g/mol. The van der Waals surface area contributed by atoms with E-state index >= 15 is 0 Å². The first kappa shape index (κ1) is 16.0. The third-order valence-electron chi connectivity index (χ3n) is 3.97. The summed E-state index contributed by atoms with van der Waals surface area (Å²) in [6.07, 6.45) is 4.08. The molecule has 116 valence electrons. The number of nitriles is 1. The lowest BCUT2D eigenvalue weighted by Gasteiger charge is -2.35. The van der Waals surface area contributed by atoms with Crippen LogP contribution in [-0.4, -0.2) is 36.0 Å². The van der Waals surface area contributed by atoms with Crippen molar-refractivity contribution >= 4 is 11.9 Å². The Kier molecular flexibility index (Phi) is 5.54. The Morgan fingerprint density at radius 2 is 2.23 bits per heavy atom. The Morgan fingerprint density at radius 3 is 2.95 bits per heavy atom. The maximum Gasteiger partial charge on any atom is 0.338 e. The summed E-state index contributed by atoms with van der Waals surface area (Å²) in [5.74, 6) is -0.716. The molecular weight excluding hydrogens is 280 g/mol. The van der Waals surface area contributed by atoms with Crippen LogP contribution < -0.4 is 0 Å². The molecular formula is C17H20N2O3. The number of benzene rings is 1. The number of carbonyl (C=O) groups is 2. The Labute approximate surface area is 130 Å². The fraction of sp³-hybridized carbons (Fsp3) is 0.471. The number of rotatable bonds is 4. The molecule has 0 bridgehead atoms. The molecule has 0 N–H and O–H groups in total. The van der Waals surface area contributed by atoms with Gasteiger partial charge >= 0.3 is 5.97 Å². The minimum absolute atomic E-state index is 0.142. The van der Waals surface area contributed by atoms with E-state index in [1.807, 2.05) is 11.0 Å². The lowest BCUT2D eigenvalue weighted by atomic mass is 10.00. The molecule has 0 spiro atoms. The van der Waals surface area contributed by atoms with Crippen molar-refractivity contribution in [1.82, 2.24) is 4.90 Å². The normalized spacial score (nSPS) is 17.6. The van der Waals surface area contributed by atoms with Crippen LogP contribution in [0.5, 0.6) is 0 Å². The number of nitrogens with zero attached hydrogens (tertiary/aromatic N) is 2. The van der Waals surface area contributed by atoms with Gasteiger partial charge in [-0.05, 0) is 43.9 Å². The average Bonchev–Trinajstić information content (AvgIpc) is 2.59. The van der Waals surface area contributed by atoms with E-state index < -0.39 is 5.97 Å². The number of esters is 1. The van der Waals surface area contributed by atoms with Crippen LogP contribution in [0.4, 0.5) is 0 Å². The van der Waals surface area contributed by atoms with Gasteiger partial charge in [0, 0.05) is 12.6 Å². The molecule has 1 atom stereocenters. The monoisotopic (exact) mass is 300 g/mol. The van der Waals surface area contributed by atoms with E-state index in [-0.39, 0.29) is 24.1 Å². The van der Waals surface area contributed by atoms with Gasteiger partial charge in [-0.15, -0.1) is 0 Å². The highest BCUT2D eigenvalue weighted by Crippen LogP contribution is 2.19. The molecule has 1 aromatic carbocycles. The van der Waals surface area contributed by atoms with Gasteiger partial charge in [0.2, 0.25) is 0 Å². The molecule has 0 aromatic heterocycles. The van der Waals surface area contributed by atoms with E-state index in [4.69, 9.17) is 10.00 Å². The van der Waals surface area contributed by atoms with Crippen LogP contribution in [0.1, 0.15) is 48.5 Å². The first-order valence-electron chi connectivity index (χ1n) is 7.62. The predicted octanol–water partition coefficient (Wildman–Crippen LogP) is 2.51. The molecule has 22 heavy (non-hydrogen) atoms. The van der Waals surface area contributed by atoms with Crippen LogP contribution in [0.15, 0.2) is 24.3 Å². The SMILES string of the molecule is CCC1CCCCN1C(=O)COC(=O)c1cccc(C#N)c1. The highest BCUT2D eigenvalue weighted by Gasteiger charge is 2.26. The second kappa shape index (κ2) is 7.60. The Morgan fingerprint density at radius 1 is 1.41 bits per heavy atom. The third-order valence-corrected chi connectivity index (χ3v) is 3.97. The number of piperidine rings is 1. The fourth-order valence-electron chi connectivity index (χ4n) is 2.76. The fourth-order valence-corrected chi connectivity index (χ4v) is 2.76. The van der Waals surface area contributed by atoms with Crippen molar-refractivity contribution in [3.8, 4) is 6.07 Å². The van der Waals surface area contributed by atoms with Crippen molar-refractivity contribution in [3.63, 3.8) is 0 Å². The number of ether oxygens (including phenoxy) is 1. The van der Waals surface area contributed by atoms with E-state index in [1.54, 1.807) is 18.2 Å². The molecule has 1 saturated heterocycles. The Bertz CT molecular complexity index is 592. The van der Waals surface area contributed by atoms with E-state index in [0.717, 1.165) is 32.2 Å². The van der Waals surface area contributed by atoms with E-state index in [1.165, 1.54) is 6.07 Å². The third kappa shape index (κ3) is 3.85. The van der Waals surface area contributed by atoms with Gasteiger partial charge in [0.05, 0.1) is 17.2 Å². The predicted molar refractivity (Wildman–Crippen MR) is 81.1 cm³/mol. The Hall–Kier alpha value is -2.35. The van der Waals surface area contributed by atoms with Crippen LogP contribution in [-0.2, 0) is 9.53 Å². The molecule has 1 amide bonds. The summed E-state index contributed by atoms with van der Waals surface area (Å²) in [6.45, 7) is 2.56. The maximum absolute atomic E-state index is 12.2. The molecule has 1 unspecified atom stereocenters. The summed E-state index contributed by atoms with van der Waals surface area (Å²) >= 11 is 0. The zero-order valence-electron chi connectivity index (χ0n) is 12.7. The lowest BCUT2D eigenvalue weighted by molar-refractivity contribution is -0.138. The molecule has 0 saturated carbocycles. The van der Waals surface area contributed by atoms with Crippen molar-refractivity contribution in [2.75, 3.05) is 13.2 Å². The number of likely N-dealkylation sites (tertiary alicyclic amines) is 1. The van der Waals surface area contributed by atoms with Crippen molar-refractivity contribution in [3.05, 3.63) is 35.4 Å². The Balaban J connectivity index is 1.92. The van der Waals surface area contributed by atoms with Gasteiger partial charge in [0.25, 0.3) is 5.91 Å². The molecule has 1 aromatic rings. The molecule has 0 aliphatic carbocycles. The molecule has 1 heterocycles. The highest BCUT2D eigenvalue weighted by molar-refractivity contribution is 5.91. The molecule has 5 nitrogen and oxygen atoms in total. The second-order valence-electron chi connectivity index (χ2n) is 5.41. The minimum Gasteiger partial charge on any atom is -0.452 e. The minimum atomic E-state index is -0.574. The largest absolute Gasteiger partial charge is 0.452 e. The number of hydrogen-bond acceptors (Lipinski definition) is 4. The zero-order valence-corrected chi connectivity index (χ0v) is 12.7. The first-order valence-corrected chi connectivity index (χ1v) is 7.62. The van der Waals surface area contributed by atoms with Crippen LogP contribution in [0.25, 0.3) is 0 Å². The summed E-state index contributed by atoms with van der Waals surface area (Å²) in [4.78, 5) is 26.0. The van der Waals surface area contributed by atoms with Crippen LogP contribution in [0.2, 0.25) is 0 Å². The van der Waals surface area contributed by atoms with Gasteiger partial charge in [0.1, 0.15) is 0 Å². The number of amides is 1. The molecule has 5 heteroatoms. The summed E-state index contributed by atoms with van der Waals surface area (Å²) < 4.78 is 5.10. The van der Waals surface area contributed by atoms with Gasteiger partial charge in [-0.1, -0.05) is 13.0 Å². The van der Waals surface area contributed by atoms with Crippen LogP contribution in [0.3, 0.4) is 0 Å². The van der Waals surface area contributed by atoms with E-state index in [2.05, 4.69) is 6.92 Å². The number of carbonyl (C=O) groups excluding carboxylic acids is 2. The molecule has 1 aliphatic heterocycles. The number of hydrogen-bond donors (Lipinski definition) is 0. The standard InChI is InChI=1S/C17H20N2O3/c1-2-15-8-3-4-9-19(15)16(20)12-22-17(21)14-7-5-6-13(10-14)11-18/h5-7,10,15H,2-4,8-9,12H2,1H3. The lowest BCUT2D eigenvalue weighted by Crippen LogP contribution is -2.45. The first-order chi connectivity index (χ1) is 10.7. The van der Waals surface area contributed by atoms with Gasteiger partial charge in [0.15, 0.2) is 6.61 Å². The summed E-state index contributed by atoms with van der Waals surface area (Å²) in [5.41, 5.74) is 0.681. The topological polar surface area (TPSA) is 70.4 Å². The maximum atomic E-state index is 12.2. The second-order valence-corrected chi connectivity index (χ2v) is 5.41. The van der Waals surface area contributed by atoms with Crippen molar-refractivity contribution in [2.45, 2.75) is 38.6 Å². The van der Waals surface area contributed by atoms with E-state index in [9.17, 15) is 9.59 Å². The molecule has 0 radical (unpaired) electrons. The van der Waals surface area contributed by atoms with Gasteiger partial charge in [-0.25, -0.2) is 4.79 Å². The van der Waals surface area contributed by atoms with Crippen molar-refractivity contribution < 1.29 is 14.3 Å². The van der Waals surface area contributed by atoms with Crippen LogP contribution in [0, 0.1) is 11.3 Å². The summed E-state index contributed by atoms with van der Waals surface area (Å²) in [6, 6.07) is 8.49. The quantitative estimate of drug-likeness (QED) is 0.801. The summed E-state index contributed by atoms with van der Waals surface area (Å²) in [5, 5.41) is 8.83. The highest BCUT2D eigenvalue weighted by atomic mass is 16.5. The van der Waals surface area contributed by atoms with Crippen molar-refractivity contribution in [1.29, 1.82) is 5.26 Å². The zero-order chi connectivity index (χ0) is 15.9. The molecule has 1 fully saturated rings. The van der Waals surface area contributed by atoms with Gasteiger partial charge in [-0.2, -0.15) is 5.26 Å². The van der Waals surface area contributed by atoms with Gasteiger partial charge < -0.3 is 9.64 Å². The summed E-state index contributed by atoms with van der Waals surface area (Å²) in [7, 11) is 0. The molecule has 2 rings (SSSR count).